The molecule has 0 unspecified atom stereocenters. The van der Waals surface area contributed by atoms with Crippen molar-refractivity contribution in [3.63, 3.8) is 0 Å². The van der Waals surface area contributed by atoms with Gasteiger partial charge in [0, 0.05) is 24.7 Å². The molecule has 0 fully saturated rings. The Bertz CT molecular complexity index is 751. The van der Waals surface area contributed by atoms with Crippen molar-refractivity contribution in [3.8, 4) is 0 Å². The second-order valence-corrected chi connectivity index (χ2v) is 5.86. The molecule has 1 aromatic carbocycles. The minimum Gasteiger partial charge on any atom is -0.369 e. The van der Waals surface area contributed by atoms with Gasteiger partial charge >= 0.3 is 0 Å². The van der Waals surface area contributed by atoms with Gasteiger partial charge in [-0.3, -0.25) is 0 Å². The number of imidazole rings is 1. The van der Waals surface area contributed by atoms with Gasteiger partial charge in [-0.15, -0.1) is 0 Å². The Morgan fingerprint density at radius 1 is 1.33 bits per heavy atom. The molecule has 0 amide bonds. The van der Waals surface area contributed by atoms with Crippen LogP contribution in [-0.2, 0) is 5.75 Å². The zero-order chi connectivity index (χ0) is 14.7. The number of anilines is 1. The van der Waals surface area contributed by atoms with E-state index in [2.05, 4.69) is 53.4 Å². The van der Waals surface area contributed by atoms with Gasteiger partial charge < -0.3 is 9.72 Å². The highest BCUT2D eigenvalue weighted by Crippen LogP contribution is 2.26. The van der Waals surface area contributed by atoms with Gasteiger partial charge in [-0.05, 0) is 19.4 Å². The summed E-state index contributed by atoms with van der Waals surface area (Å²) >= 11 is 1.72. The SMILES string of the molecule is CCNc1cn2ccnc2c(SCc2cccc(C)c2)n1. The molecule has 2 aromatic heterocycles. The fraction of sp³-hybridized carbons (Fsp3) is 0.250. The molecule has 0 bridgehead atoms. The molecule has 0 spiro atoms. The zero-order valence-corrected chi connectivity index (χ0v) is 13.0. The number of fused-ring (bicyclic) bond motifs is 1. The van der Waals surface area contributed by atoms with Gasteiger partial charge in [-0.25, -0.2) is 9.97 Å². The number of aryl methyl sites for hydroxylation is 1. The van der Waals surface area contributed by atoms with Gasteiger partial charge in [0.1, 0.15) is 10.8 Å². The van der Waals surface area contributed by atoms with E-state index in [4.69, 9.17) is 0 Å². The number of thioether (sulfide) groups is 1. The summed E-state index contributed by atoms with van der Waals surface area (Å²) in [7, 11) is 0. The van der Waals surface area contributed by atoms with Gasteiger partial charge in [0.25, 0.3) is 0 Å². The second kappa shape index (κ2) is 6.18. The molecule has 3 aromatic rings. The average Bonchev–Trinajstić information content (AvgIpc) is 2.93. The van der Waals surface area contributed by atoms with Crippen LogP contribution >= 0.6 is 11.8 Å². The molecule has 2 heterocycles. The smallest absolute Gasteiger partial charge is 0.169 e. The molecule has 0 aliphatic rings. The summed E-state index contributed by atoms with van der Waals surface area (Å²) in [5, 5.41) is 4.22. The quantitative estimate of drug-likeness (QED) is 0.728. The Balaban J connectivity index is 1.86. The standard InChI is InChI=1S/C16H18N4S/c1-3-17-14-10-20-8-7-18-15(20)16(19-14)21-11-13-6-4-5-12(2)9-13/h4-10,17H,3,11H2,1-2H3. The van der Waals surface area contributed by atoms with E-state index in [-0.39, 0.29) is 0 Å². The van der Waals surface area contributed by atoms with Crippen LogP contribution in [-0.4, -0.2) is 20.9 Å². The number of benzene rings is 1. The van der Waals surface area contributed by atoms with E-state index in [9.17, 15) is 0 Å². The lowest BCUT2D eigenvalue weighted by Gasteiger charge is -2.08. The van der Waals surface area contributed by atoms with E-state index >= 15 is 0 Å². The first kappa shape index (κ1) is 13.9. The summed E-state index contributed by atoms with van der Waals surface area (Å²) in [6.45, 7) is 5.04. The van der Waals surface area contributed by atoms with Crippen molar-refractivity contribution >= 4 is 23.2 Å². The number of rotatable bonds is 5. The Labute approximate surface area is 128 Å². The highest BCUT2D eigenvalue weighted by molar-refractivity contribution is 7.98. The fourth-order valence-electron chi connectivity index (χ4n) is 2.22. The predicted octanol–water partition coefficient (Wildman–Crippen LogP) is 3.76. The largest absolute Gasteiger partial charge is 0.369 e. The number of hydrogen-bond donors (Lipinski definition) is 1. The minimum absolute atomic E-state index is 0.856. The first-order valence-corrected chi connectivity index (χ1v) is 8.01. The Morgan fingerprint density at radius 2 is 2.24 bits per heavy atom. The lowest BCUT2D eigenvalue weighted by molar-refractivity contribution is 1.01. The maximum atomic E-state index is 4.67. The molecule has 0 saturated heterocycles. The van der Waals surface area contributed by atoms with Crippen molar-refractivity contribution in [2.75, 3.05) is 11.9 Å². The molecule has 21 heavy (non-hydrogen) atoms. The van der Waals surface area contributed by atoms with Crippen LogP contribution in [0.25, 0.3) is 5.65 Å². The van der Waals surface area contributed by atoms with Crippen molar-refractivity contribution in [2.45, 2.75) is 24.6 Å². The Morgan fingerprint density at radius 3 is 3.05 bits per heavy atom. The minimum atomic E-state index is 0.856. The molecule has 0 atom stereocenters. The van der Waals surface area contributed by atoms with E-state index in [1.807, 2.05) is 23.0 Å². The first-order chi connectivity index (χ1) is 10.3. The zero-order valence-electron chi connectivity index (χ0n) is 12.2. The van der Waals surface area contributed by atoms with Gasteiger partial charge in [0.2, 0.25) is 0 Å². The number of nitrogens with one attached hydrogen (secondary N) is 1. The molecule has 4 nitrogen and oxygen atoms in total. The molecule has 0 aliphatic heterocycles. The fourth-order valence-corrected chi connectivity index (χ4v) is 3.15. The van der Waals surface area contributed by atoms with E-state index < -0.39 is 0 Å². The van der Waals surface area contributed by atoms with Crippen LogP contribution in [0.15, 0.2) is 47.9 Å². The predicted molar refractivity (Wildman–Crippen MR) is 87.9 cm³/mol. The van der Waals surface area contributed by atoms with Crippen LogP contribution in [0.3, 0.4) is 0 Å². The third-order valence-electron chi connectivity index (χ3n) is 3.16. The first-order valence-electron chi connectivity index (χ1n) is 7.02. The van der Waals surface area contributed by atoms with Crippen LogP contribution in [0.1, 0.15) is 18.1 Å². The topological polar surface area (TPSA) is 42.2 Å². The lowest BCUT2D eigenvalue weighted by atomic mass is 10.2. The van der Waals surface area contributed by atoms with Crippen molar-refractivity contribution in [1.29, 1.82) is 0 Å². The van der Waals surface area contributed by atoms with Crippen LogP contribution in [0.2, 0.25) is 0 Å². The van der Waals surface area contributed by atoms with Gasteiger partial charge in [-0.1, -0.05) is 41.6 Å². The molecule has 1 N–H and O–H groups in total. The number of nitrogens with zero attached hydrogens (tertiary/aromatic N) is 3. The highest BCUT2D eigenvalue weighted by atomic mass is 32.2. The van der Waals surface area contributed by atoms with Crippen LogP contribution in [0.5, 0.6) is 0 Å². The summed E-state index contributed by atoms with van der Waals surface area (Å²) in [6.07, 6.45) is 5.74. The van der Waals surface area contributed by atoms with Crippen molar-refractivity contribution in [1.82, 2.24) is 14.4 Å². The maximum absolute atomic E-state index is 4.67. The number of aromatic nitrogens is 3. The molecular formula is C16H18N4S. The van der Waals surface area contributed by atoms with Crippen LogP contribution < -0.4 is 5.32 Å². The molecule has 108 valence electrons. The maximum Gasteiger partial charge on any atom is 0.169 e. The summed E-state index contributed by atoms with van der Waals surface area (Å²) < 4.78 is 2.02. The monoisotopic (exact) mass is 298 g/mol. The number of hydrogen-bond acceptors (Lipinski definition) is 4. The van der Waals surface area contributed by atoms with Crippen molar-refractivity contribution in [2.24, 2.45) is 0 Å². The van der Waals surface area contributed by atoms with Crippen LogP contribution in [0, 0.1) is 6.92 Å². The summed E-state index contributed by atoms with van der Waals surface area (Å²) in [5.74, 6) is 1.78. The molecule has 0 radical (unpaired) electrons. The summed E-state index contributed by atoms with van der Waals surface area (Å²) in [4.78, 5) is 9.07. The Kier molecular flexibility index (Phi) is 4.10. The molecule has 0 saturated carbocycles. The third-order valence-corrected chi connectivity index (χ3v) is 4.18. The van der Waals surface area contributed by atoms with E-state index in [0.717, 1.165) is 28.8 Å². The molecule has 0 aliphatic carbocycles. The summed E-state index contributed by atoms with van der Waals surface area (Å²) in [5.41, 5.74) is 3.50. The normalized spacial score (nSPS) is 11.0. The average molecular weight is 298 g/mol. The Hall–Kier alpha value is -2.01. The summed E-state index contributed by atoms with van der Waals surface area (Å²) in [6, 6.07) is 8.57. The molecule has 3 rings (SSSR count). The third kappa shape index (κ3) is 3.19. The molecular weight excluding hydrogens is 280 g/mol. The second-order valence-electron chi connectivity index (χ2n) is 4.90. The molecule has 5 heteroatoms. The van der Waals surface area contributed by atoms with Crippen LogP contribution in [0.4, 0.5) is 5.82 Å². The van der Waals surface area contributed by atoms with Gasteiger partial charge in [0.15, 0.2) is 5.65 Å². The van der Waals surface area contributed by atoms with Crippen molar-refractivity contribution < 1.29 is 0 Å². The highest BCUT2D eigenvalue weighted by Gasteiger charge is 2.08. The lowest BCUT2D eigenvalue weighted by Crippen LogP contribution is -2.02. The van der Waals surface area contributed by atoms with E-state index in [1.165, 1.54) is 11.1 Å². The van der Waals surface area contributed by atoms with Gasteiger partial charge in [0.05, 0.1) is 6.20 Å². The van der Waals surface area contributed by atoms with Crippen molar-refractivity contribution in [3.05, 3.63) is 54.0 Å². The van der Waals surface area contributed by atoms with E-state index in [1.54, 1.807) is 11.8 Å². The van der Waals surface area contributed by atoms with E-state index in [0.29, 0.717) is 0 Å². The van der Waals surface area contributed by atoms with Gasteiger partial charge in [-0.2, -0.15) is 0 Å².